The van der Waals surface area contributed by atoms with Crippen LogP contribution in [0, 0.1) is 0 Å². The van der Waals surface area contributed by atoms with E-state index in [1.54, 1.807) is 4.68 Å². The molecule has 0 spiro atoms. The molecule has 1 aliphatic heterocycles. The highest BCUT2D eigenvalue weighted by Gasteiger charge is 2.37. The number of allylic oxidation sites excluding steroid dienone is 1. The molecule has 5 rings (SSSR count). The van der Waals surface area contributed by atoms with Crippen molar-refractivity contribution in [1.82, 2.24) is 14.8 Å². The van der Waals surface area contributed by atoms with Gasteiger partial charge >= 0.3 is 5.97 Å². The highest BCUT2D eigenvalue weighted by molar-refractivity contribution is 7.98. The minimum Gasteiger partial charge on any atom is -0.494 e. The van der Waals surface area contributed by atoms with E-state index in [2.05, 4.69) is 5.32 Å². The summed E-state index contributed by atoms with van der Waals surface area (Å²) in [6, 6.07) is 24.4. The maximum atomic E-state index is 13.6. The summed E-state index contributed by atoms with van der Waals surface area (Å²) in [7, 11) is 0. The normalized spacial score (nSPS) is 14.6. The third-order valence-electron chi connectivity index (χ3n) is 6.09. The Kier molecular flexibility index (Phi) is 8.00. The first-order chi connectivity index (χ1) is 18.5. The number of halogens is 1. The van der Waals surface area contributed by atoms with Gasteiger partial charge in [0.1, 0.15) is 18.4 Å². The van der Waals surface area contributed by atoms with Crippen molar-refractivity contribution in [2.24, 2.45) is 0 Å². The topological polar surface area (TPSA) is 78.3 Å². The average Bonchev–Trinajstić information content (AvgIpc) is 3.34. The molecule has 0 saturated heterocycles. The summed E-state index contributed by atoms with van der Waals surface area (Å²) in [5.74, 6) is 1.40. The van der Waals surface area contributed by atoms with Crippen molar-refractivity contribution in [1.29, 1.82) is 0 Å². The van der Waals surface area contributed by atoms with Crippen molar-refractivity contribution in [3.63, 3.8) is 0 Å². The van der Waals surface area contributed by atoms with Crippen LogP contribution in [0.25, 0.3) is 0 Å². The van der Waals surface area contributed by atoms with Crippen LogP contribution in [0.4, 0.5) is 5.95 Å². The first-order valence-electron chi connectivity index (χ1n) is 12.3. The SMILES string of the molecule is CCOc1ccccc1C1C(C(=O)OCc2ccccc2)=C(C)Nc2nc(SCc3ccccc3Cl)nn21. The molecule has 194 valence electrons. The van der Waals surface area contributed by atoms with Crippen molar-refractivity contribution >= 4 is 35.3 Å². The Bertz CT molecular complexity index is 1470. The van der Waals surface area contributed by atoms with Gasteiger partial charge in [0.15, 0.2) is 0 Å². The quantitative estimate of drug-likeness (QED) is 0.186. The van der Waals surface area contributed by atoms with Gasteiger partial charge in [0.2, 0.25) is 11.1 Å². The zero-order chi connectivity index (χ0) is 26.5. The van der Waals surface area contributed by atoms with Gasteiger partial charge in [0.25, 0.3) is 0 Å². The average molecular weight is 547 g/mol. The van der Waals surface area contributed by atoms with Crippen LogP contribution < -0.4 is 10.1 Å². The molecule has 3 aromatic carbocycles. The predicted octanol–water partition coefficient (Wildman–Crippen LogP) is 6.65. The fraction of sp³-hybridized carbons (Fsp3) is 0.207. The Morgan fingerprint density at radius 2 is 1.79 bits per heavy atom. The molecule has 0 amide bonds. The third-order valence-corrected chi connectivity index (χ3v) is 7.35. The first-order valence-corrected chi connectivity index (χ1v) is 13.6. The summed E-state index contributed by atoms with van der Waals surface area (Å²) in [4.78, 5) is 18.3. The van der Waals surface area contributed by atoms with Crippen LogP contribution in [0.1, 0.15) is 36.6 Å². The molecule has 2 heterocycles. The molecular weight excluding hydrogens is 520 g/mol. The van der Waals surface area contributed by atoms with E-state index in [1.807, 2.05) is 92.7 Å². The van der Waals surface area contributed by atoms with Crippen molar-refractivity contribution in [3.05, 3.63) is 112 Å². The standard InChI is InChI=1S/C29H27ClN4O3S/c1-3-36-24-16-10-8-14-22(24)26-25(27(35)37-17-20-11-5-4-6-12-20)19(2)31-28-32-29(33-34(26)28)38-18-21-13-7-9-15-23(21)30/h4-16,26H,3,17-18H2,1-2H3,(H,31,32,33). The number of aromatic nitrogens is 3. The maximum absolute atomic E-state index is 13.6. The van der Waals surface area contributed by atoms with Gasteiger partial charge in [-0.15, -0.1) is 5.10 Å². The molecule has 38 heavy (non-hydrogen) atoms. The second-order valence-electron chi connectivity index (χ2n) is 8.64. The minimum atomic E-state index is -0.584. The van der Waals surface area contributed by atoms with E-state index in [0.29, 0.717) is 45.5 Å². The Hall–Kier alpha value is -3.75. The first kappa shape index (κ1) is 25.9. The molecule has 4 aromatic rings. The second-order valence-corrected chi connectivity index (χ2v) is 9.99. The Morgan fingerprint density at radius 1 is 1.05 bits per heavy atom. The van der Waals surface area contributed by atoms with Crippen LogP contribution in [0.5, 0.6) is 5.75 Å². The van der Waals surface area contributed by atoms with Gasteiger partial charge in [-0.25, -0.2) is 9.48 Å². The Morgan fingerprint density at radius 3 is 2.58 bits per heavy atom. The molecule has 0 fully saturated rings. The predicted molar refractivity (Wildman–Crippen MR) is 149 cm³/mol. The van der Waals surface area contributed by atoms with Crippen LogP contribution in [0.15, 0.2) is 95.3 Å². The van der Waals surface area contributed by atoms with E-state index in [1.165, 1.54) is 11.8 Å². The van der Waals surface area contributed by atoms with Gasteiger partial charge in [-0.2, -0.15) is 4.98 Å². The third kappa shape index (κ3) is 5.56. The number of esters is 1. The van der Waals surface area contributed by atoms with Gasteiger partial charge in [-0.05, 0) is 37.1 Å². The van der Waals surface area contributed by atoms with Gasteiger partial charge < -0.3 is 14.8 Å². The number of fused-ring (bicyclic) bond motifs is 1. The summed E-state index contributed by atoms with van der Waals surface area (Å²) in [5.41, 5.74) is 3.82. The lowest BCUT2D eigenvalue weighted by Gasteiger charge is -2.29. The number of carbonyl (C=O) groups excluding carboxylic acids is 1. The number of thioether (sulfide) groups is 1. The molecule has 1 unspecified atom stereocenters. The van der Waals surface area contributed by atoms with Crippen molar-refractivity contribution in [2.75, 3.05) is 11.9 Å². The van der Waals surface area contributed by atoms with Crippen molar-refractivity contribution in [3.8, 4) is 5.75 Å². The fourth-order valence-corrected chi connectivity index (χ4v) is 5.41. The number of nitrogens with zero attached hydrogens (tertiary/aromatic N) is 3. The number of nitrogens with one attached hydrogen (secondary N) is 1. The zero-order valence-electron chi connectivity index (χ0n) is 21.1. The fourth-order valence-electron chi connectivity index (χ4n) is 4.30. The summed E-state index contributed by atoms with van der Waals surface area (Å²) < 4.78 is 13.5. The van der Waals surface area contributed by atoms with E-state index in [0.717, 1.165) is 16.7 Å². The number of hydrogen-bond acceptors (Lipinski definition) is 7. The number of carbonyl (C=O) groups is 1. The Labute approximate surface area is 230 Å². The number of anilines is 1. The van der Waals surface area contributed by atoms with E-state index >= 15 is 0 Å². The Balaban J connectivity index is 1.49. The smallest absolute Gasteiger partial charge is 0.338 e. The molecule has 1 aromatic heterocycles. The van der Waals surface area contributed by atoms with Gasteiger partial charge in [-0.3, -0.25) is 0 Å². The summed E-state index contributed by atoms with van der Waals surface area (Å²) in [5, 5.41) is 9.33. The van der Waals surface area contributed by atoms with E-state index in [-0.39, 0.29) is 6.61 Å². The van der Waals surface area contributed by atoms with E-state index in [9.17, 15) is 4.79 Å². The number of rotatable bonds is 9. The van der Waals surface area contributed by atoms with Gasteiger partial charge in [0, 0.05) is 22.0 Å². The molecule has 0 saturated carbocycles. The van der Waals surface area contributed by atoms with Crippen LogP contribution in [-0.2, 0) is 21.9 Å². The molecule has 0 bridgehead atoms. The summed E-state index contributed by atoms with van der Waals surface area (Å²) >= 11 is 7.82. The molecular formula is C29H27ClN4O3S. The van der Waals surface area contributed by atoms with E-state index in [4.69, 9.17) is 31.2 Å². The lowest BCUT2D eigenvalue weighted by molar-refractivity contribution is -0.140. The van der Waals surface area contributed by atoms with Gasteiger partial charge in [0.05, 0.1) is 12.2 Å². The second kappa shape index (κ2) is 11.8. The largest absolute Gasteiger partial charge is 0.494 e. The van der Waals surface area contributed by atoms with Gasteiger partial charge in [-0.1, -0.05) is 90.1 Å². The summed E-state index contributed by atoms with van der Waals surface area (Å²) in [6.45, 7) is 4.44. The van der Waals surface area contributed by atoms with Crippen LogP contribution >= 0.6 is 23.4 Å². The highest BCUT2D eigenvalue weighted by Crippen LogP contribution is 2.40. The lowest BCUT2D eigenvalue weighted by atomic mass is 9.95. The highest BCUT2D eigenvalue weighted by atomic mass is 35.5. The van der Waals surface area contributed by atoms with Crippen LogP contribution in [-0.4, -0.2) is 27.3 Å². The number of hydrogen-bond donors (Lipinski definition) is 1. The van der Waals surface area contributed by atoms with Crippen molar-refractivity contribution in [2.45, 2.75) is 37.4 Å². The zero-order valence-corrected chi connectivity index (χ0v) is 22.6. The molecule has 0 aliphatic carbocycles. The molecule has 1 atom stereocenters. The van der Waals surface area contributed by atoms with Crippen LogP contribution in [0.2, 0.25) is 5.02 Å². The van der Waals surface area contributed by atoms with E-state index < -0.39 is 12.0 Å². The number of para-hydroxylation sites is 1. The summed E-state index contributed by atoms with van der Waals surface area (Å²) in [6.07, 6.45) is 0. The minimum absolute atomic E-state index is 0.166. The molecule has 1 aliphatic rings. The van der Waals surface area contributed by atoms with Crippen LogP contribution in [0.3, 0.4) is 0 Å². The molecule has 0 radical (unpaired) electrons. The maximum Gasteiger partial charge on any atom is 0.338 e. The lowest BCUT2D eigenvalue weighted by Crippen LogP contribution is -2.30. The molecule has 7 nitrogen and oxygen atoms in total. The molecule has 1 N–H and O–H groups in total. The number of ether oxygens (including phenoxy) is 2. The monoisotopic (exact) mass is 546 g/mol. The van der Waals surface area contributed by atoms with Crippen molar-refractivity contribution < 1.29 is 14.3 Å². The molecule has 9 heteroatoms. The number of benzene rings is 3.